The zero-order valence-electron chi connectivity index (χ0n) is 14.1. The second kappa shape index (κ2) is 9.23. The van der Waals surface area contributed by atoms with Crippen molar-refractivity contribution in [1.82, 2.24) is 15.2 Å². The van der Waals surface area contributed by atoms with E-state index in [9.17, 15) is 19.5 Å². The molecule has 5 N–H and O–H groups in total. The summed E-state index contributed by atoms with van der Waals surface area (Å²) in [5.74, 6) is -1.44. The number of fused-ring (bicyclic) bond motifs is 1. The van der Waals surface area contributed by atoms with Gasteiger partial charge >= 0.3 is 12.0 Å². The van der Waals surface area contributed by atoms with E-state index in [1.54, 1.807) is 0 Å². The number of rotatable bonds is 9. The van der Waals surface area contributed by atoms with E-state index in [-0.39, 0.29) is 25.3 Å². The molecule has 1 heterocycles. The summed E-state index contributed by atoms with van der Waals surface area (Å²) in [6, 6.07) is 6.14. The summed E-state index contributed by atoms with van der Waals surface area (Å²) in [5.41, 5.74) is 5.94. The fourth-order valence-electron chi connectivity index (χ4n) is 2.64. The van der Waals surface area contributed by atoms with Crippen molar-refractivity contribution in [3.05, 3.63) is 34.9 Å². The summed E-state index contributed by atoms with van der Waals surface area (Å²) in [6.07, 6.45) is 2.67. The molecule has 0 saturated carbocycles. The number of aliphatic carboxylic acids is 1. The first-order valence-corrected chi connectivity index (χ1v) is 8.96. The highest BCUT2D eigenvalue weighted by molar-refractivity contribution is 9.10. The first-order chi connectivity index (χ1) is 12.4. The van der Waals surface area contributed by atoms with Gasteiger partial charge in [0.05, 0.1) is 0 Å². The molecular weight excluding hydrogens is 404 g/mol. The number of urea groups is 1. The second-order valence-corrected chi connectivity index (χ2v) is 6.68. The highest BCUT2D eigenvalue weighted by Gasteiger charge is 2.19. The Hall–Kier alpha value is -2.55. The number of halogens is 1. The molecule has 26 heavy (non-hydrogen) atoms. The molecule has 0 aliphatic heterocycles. The molecule has 140 valence electrons. The molecule has 0 bridgehead atoms. The van der Waals surface area contributed by atoms with Crippen LogP contribution in [-0.2, 0) is 16.1 Å². The molecule has 9 heteroatoms. The lowest BCUT2D eigenvalue weighted by Gasteiger charge is -2.15. The van der Waals surface area contributed by atoms with E-state index in [0.29, 0.717) is 13.0 Å². The number of carbonyl (C=O) groups is 3. The Morgan fingerprint density at radius 3 is 2.73 bits per heavy atom. The minimum absolute atomic E-state index is 0.166. The number of aryl methyl sites for hydroxylation is 1. The van der Waals surface area contributed by atoms with E-state index in [1.807, 2.05) is 35.0 Å². The number of benzene rings is 1. The normalized spacial score (nSPS) is 11.9. The minimum atomic E-state index is -1.10. The van der Waals surface area contributed by atoms with Crippen molar-refractivity contribution >= 4 is 44.7 Å². The first kappa shape index (κ1) is 19.8. The summed E-state index contributed by atoms with van der Waals surface area (Å²) in [6.45, 7) is 0.709. The van der Waals surface area contributed by atoms with Gasteiger partial charge in [-0.25, -0.2) is 9.59 Å². The van der Waals surface area contributed by atoms with Crippen LogP contribution in [0.4, 0.5) is 4.79 Å². The second-order valence-electron chi connectivity index (χ2n) is 5.82. The summed E-state index contributed by atoms with van der Waals surface area (Å²) in [4.78, 5) is 34.0. The SMILES string of the molecule is NC(=O)NCCCC(NC(=O)CCn1ccc2c(Br)cccc21)C(=O)O. The van der Waals surface area contributed by atoms with Crippen molar-refractivity contribution in [3.8, 4) is 0 Å². The smallest absolute Gasteiger partial charge is 0.326 e. The van der Waals surface area contributed by atoms with Gasteiger partial charge in [0.15, 0.2) is 0 Å². The lowest BCUT2D eigenvalue weighted by atomic mass is 10.1. The Bertz CT molecular complexity index is 805. The van der Waals surface area contributed by atoms with Crippen molar-refractivity contribution < 1.29 is 19.5 Å². The molecule has 1 unspecified atom stereocenters. The van der Waals surface area contributed by atoms with Crippen molar-refractivity contribution in [3.63, 3.8) is 0 Å². The van der Waals surface area contributed by atoms with E-state index in [4.69, 9.17) is 5.73 Å². The van der Waals surface area contributed by atoms with Gasteiger partial charge in [-0.15, -0.1) is 0 Å². The van der Waals surface area contributed by atoms with E-state index in [1.165, 1.54) is 0 Å². The van der Waals surface area contributed by atoms with Gasteiger partial charge in [-0.3, -0.25) is 4.79 Å². The quantitative estimate of drug-likeness (QED) is 0.457. The van der Waals surface area contributed by atoms with Crippen LogP contribution in [0.1, 0.15) is 19.3 Å². The molecule has 0 spiro atoms. The average molecular weight is 425 g/mol. The maximum atomic E-state index is 12.1. The van der Waals surface area contributed by atoms with Gasteiger partial charge < -0.3 is 26.0 Å². The number of primary amides is 1. The number of hydrogen-bond acceptors (Lipinski definition) is 3. The summed E-state index contributed by atoms with van der Waals surface area (Å²) >= 11 is 3.49. The fraction of sp³-hybridized carbons (Fsp3) is 0.353. The lowest BCUT2D eigenvalue weighted by molar-refractivity contribution is -0.142. The molecule has 0 aliphatic carbocycles. The van der Waals surface area contributed by atoms with Crippen molar-refractivity contribution in [2.45, 2.75) is 31.8 Å². The van der Waals surface area contributed by atoms with Crippen LogP contribution in [0, 0.1) is 0 Å². The summed E-state index contributed by atoms with van der Waals surface area (Å²) in [5, 5.41) is 15.2. The number of nitrogens with two attached hydrogens (primary N) is 1. The average Bonchev–Trinajstić information content (AvgIpc) is 3.00. The van der Waals surface area contributed by atoms with Crippen molar-refractivity contribution in [2.24, 2.45) is 5.73 Å². The summed E-state index contributed by atoms with van der Waals surface area (Å²) in [7, 11) is 0. The number of amides is 3. The number of aromatic nitrogens is 1. The maximum Gasteiger partial charge on any atom is 0.326 e. The van der Waals surface area contributed by atoms with E-state index in [0.717, 1.165) is 15.4 Å². The molecule has 0 saturated heterocycles. The van der Waals surface area contributed by atoms with Crippen LogP contribution < -0.4 is 16.4 Å². The molecule has 3 amide bonds. The zero-order chi connectivity index (χ0) is 19.1. The Morgan fingerprint density at radius 1 is 1.27 bits per heavy atom. The third kappa shape index (κ3) is 5.48. The maximum absolute atomic E-state index is 12.1. The van der Waals surface area contributed by atoms with Crippen molar-refractivity contribution in [2.75, 3.05) is 6.54 Å². The molecule has 0 aliphatic rings. The van der Waals surface area contributed by atoms with Crippen LogP contribution in [0.25, 0.3) is 10.9 Å². The van der Waals surface area contributed by atoms with Gasteiger partial charge in [0.2, 0.25) is 5.91 Å². The molecule has 0 radical (unpaired) electrons. The number of hydrogen-bond donors (Lipinski definition) is 4. The van der Waals surface area contributed by atoms with Crippen LogP contribution >= 0.6 is 15.9 Å². The van der Waals surface area contributed by atoms with Crippen LogP contribution in [0.2, 0.25) is 0 Å². The monoisotopic (exact) mass is 424 g/mol. The molecule has 2 aromatic rings. The van der Waals surface area contributed by atoms with E-state index >= 15 is 0 Å². The number of carboxylic acid groups (broad SMARTS) is 1. The Labute approximate surface area is 158 Å². The highest BCUT2D eigenvalue weighted by Crippen LogP contribution is 2.24. The Morgan fingerprint density at radius 2 is 2.04 bits per heavy atom. The molecule has 8 nitrogen and oxygen atoms in total. The first-order valence-electron chi connectivity index (χ1n) is 8.17. The van der Waals surface area contributed by atoms with Gasteiger partial charge in [0.25, 0.3) is 0 Å². The largest absolute Gasteiger partial charge is 0.480 e. The number of carbonyl (C=O) groups excluding carboxylic acids is 2. The zero-order valence-corrected chi connectivity index (χ0v) is 15.7. The van der Waals surface area contributed by atoms with Crippen LogP contribution in [0.15, 0.2) is 34.9 Å². The third-order valence-corrected chi connectivity index (χ3v) is 4.63. The predicted molar refractivity (Wildman–Crippen MR) is 101 cm³/mol. The molecular formula is C17H21BrN4O4. The van der Waals surface area contributed by atoms with Gasteiger partial charge in [-0.2, -0.15) is 0 Å². The van der Waals surface area contributed by atoms with Gasteiger partial charge in [-0.05, 0) is 31.0 Å². The topological polar surface area (TPSA) is 126 Å². The van der Waals surface area contributed by atoms with E-state index in [2.05, 4.69) is 26.6 Å². The molecule has 1 aromatic heterocycles. The van der Waals surface area contributed by atoms with Gasteiger partial charge in [-0.1, -0.05) is 22.0 Å². The summed E-state index contributed by atoms with van der Waals surface area (Å²) < 4.78 is 2.93. The number of carboxylic acids is 1. The molecule has 2 rings (SSSR count). The fourth-order valence-corrected chi connectivity index (χ4v) is 3.13. The molecule has 0 fully saturated rings. The van der Waals surface area contributed by atoms with Crippen molar-refractivity contribution in [1.29, 1.82) is 0 Å². The van der Waals surface area contributed by atoms with Crippen LogP contribution in [0.5, 0.6) is 0 Å². The van der Waals surface area contributed by atoms with Gasteiger partial charge in [0.1, 0.15) is 6.04 Å². The highest BCUT2D eigenvalue weighted by atomic mass is 79.9. The Kier molecular flexibility index (Phi) is 7.02. The molecule has 1 atom stereocenters. The number of nitrogens with one attached hydrogen (secondary N) is 2. The lowest BCUT2D eigenvalue weighted by Crippen LogP contribution is -2.41. The predicted octanol–water partition coefficient (Wildman–Crippen LogP) is 1.81. The minimum Gasteiger partial charge on any atom is -0.480 e. The van der Waals surface area contributed by atoms with Crippen LogP contribution in [0.3, 0.4) is 0 Å². The van der Waals surface area contributed by atoms with Gasteiger partial charge in [0, 0.05) is 41.1 Å². The Balaban J connectivity index is 1.86. The third-order valence-electron chi connectivity index (χ3n) is 3.94. The van der Waals surface area contributed by atoms with E-state index < -0.39 is 18.0 Å². The number of nitrogens with zero attached hydrogens (tertiary/aromatic N) is 1. The standard InChI is InChI=1S/C17H21BrN4O4/c18-12-3-1-5-14-11(12)6-9-22(14)10-7-15(23)21-13(16(24)25)4-2-8-20-17(19)26/h1,3,5-6,9,13H,2,4,7-8,10H2,(H,21,23)(H,24,25)(H3,19,20,26). The molecule has 1 aromatic carbocycles. The van der Waals surface area contributed by atoms with Crippen LogP contribution in [-0.4, -0.2) is 40.2 Å².